The fraction of sp³-hybridized carbons (Fsp3) is 0.800. The molecule has 1 aromatic rings. The molecular formula is C10H15F3N4S. The maximum absolute atomic E-state index is 12.3. The fourth-order valence-corrected chi connectivity index (χ4v) is 2.71. The zero-order chi connectivity index (χ0) is 13.2. The number of nitrogens with two attached hydrogens (primary N) is 1. The highest BCUT2D eigenvalue weighted by Gasteiger charge is 2.36. The SMILES string of the molecule is NC1CCCCC1CNc1nc(C(F)(F)F)ns1. The highest BCUT2D eigenvalue weighted by atomic mass is 32.1. The standard InChI is InChI=1S/C10H15F3N4S/c11-10(12,13)8-16-9(18-17-8)15-5-6-3-1-2-4-7(6)14/h6-7H,1-5,14H2,(H,15,16,17). The molecular weight excluding hydrogens is 265 g/mol. The quantitative estimate of drug-likeness (QED) is 0.893. The lowest BCUT2D eigenvalue weighted by Crippen LogP contribution is -2.37. The molecule has 1 aromatic heterocycles. The molecule has 2 atom stereocenters. The van der Waals surface area contributed by atoms with E-state index in [9.17, 15) is 13.2 Å². The van der Waals surface area contributed by atoms with Crippen molar-refractivity contribution in [2.45, 2.75) is 37.9 Å². The first-order valence-electron chi connectivity index (χ1n) is 5.87. The van der Waals surface area contributed by atoms with Crippen LogP contribution < -0.4 is 11.1 Å². The molecule has 4 nitrogen and oxygen atoms in total. The first-order valence-corrected chi connectivity index (χ1v) is 6.64. The van der Waals surface area contributed by atoms with Gasteiger partial charge in [-0.05, 0) is 18.8 Å². The first-order chi connectivity index (χ1) is 8.47. The molecule has 0 radical (unpaired) electrons. The van der Waals surface area contributed by atoms with Gasteiger partial charge in [0, 0.05) is 24.1 Å². The Morgan fingerprint density at radius 3 is 2.67 bits per heavy atom. The second-order valence-corrected chi connectivity index (χ2v) is 5.26. The van der Waals surface area contributed by atoms with Crippen molar-refractivity contribution in [3.8, 4) is 0 Å². The van der Waals surface area contributed by atoms with Crippen LogP contribution >= 0.6 is 11.5 Å². The topological polar surface area (TPSA) is 63.8 Å². The molecule has 2 unspecified atom stereocenters. The first kappa shape index (κ1) is 13.5. The molecule has 102 valence electrons. The van der Waals surface area contributed by atoms with Gasteiger partial charge < -0.3 is 11.1 Å². The van der Waals surface area contributed by atoms with Gasteiger partial charge in [0.15, 0.2) is 0 Å². The minimum absolute atomic E-state index is 0.126. The van der Waals surface area contributed by atoms with Crippen molar-refractivity contribution < 1.29 is 13.2 Å². The molecule has 1 aliphatic carbocycles. The monoisotopic (exact) mass is 280 g/mol. The number of hydrogen-bond acceptors (Lipinski definition) is 5. The van der Waals surface area contributed by atoms with E-state index in [1.54, 1.807) is 0 Å². The minimum Gasteiger partial charge on any atom is -0.360 e. The molecule has 0 aromatic carbocycles. The fourth-order valence-electron chi connectivity index (χ4n) is 2.12. The summed E-state index contributed by atoms with van der Waals surface area (Å²) in [6.45, 7) is 0.563. The maximum Gasteiger partial charge on any atom is 0.452 e. The van der Waals surface area contributed by atoms with Gasteiger partial charge in [0.1, 0.15) is 0 Å². The van der Waals surface area contributed by atoms with E-state index in [-0.39, 0.29) is 11.2 Å². The maximum atomic E-state index is 12.3. The van der Waals surface area contributed by atoms with Crippen LogP contribution in [0.25, 0.3) is 0 Å². The molecule has 0 aliphatic heterocycles. The van der Waals surface area contributed by atoms with Gasteiger partial charge in [-0.2, -0.15) is 22.5 Å². The Morgan fingerprint density at radius 1 is 1.33 bits per heavy atom. The lowest BCUT2D eigenvalue weighted by Gasteiger charge is -2.28. The number of nitrogens with one attached hydrogen (secondary N) is 1. The van der Waals surface area contributed by atoms with Crippen LogP contribution in [-0.2, 0) is 6.18 Å². The largest absolute Gasteiger partial charge is 0.452 e. The third-order valence-corrected chi connectivity index (χ3v) is 3.84. The van der Waals surface area contributed by atoms with Crippen LogP contribution in [-0.4, -0.2) is 21.9 Å². The average Bonchev–Trinajstić information content (AvgIpc) is 2.76. The third kappa shape index (κ3) is 3.32. The molecule has 18 heavy (non-hydrogen) atoms. The molecule has 0 bridgehead atoms. The van der Waals surface area contributed by atoms with E-state index < -0.39 is 12.0 Å². The predicted octanol–water partition coefficient (Wildman–Crippen LogP) is 2.49. The molecule has 1 fully saturated rings. The molecule has 2 rings (SSSR count). The Morgan fingerprint density at radius 2 is 2.06 bits per heavy atom. The van der Waals surface area contributed by atoms with Gasteiger partial charge in [-0.3, -0.25) is 0 Å². The van der Waals surface area contributed by atoms with Gasteiger partial charge in [0.2, 0.25) is 11.0 Å². The molecule has 8 heteroatoms. The van der Waals surface area contributed by atoms with E-state index in [0.29, 0.717) is 12.5 Å². The lowest BCUT2D eigenvalue weighted by atomic mass is 9.85. The highest BCUT2D eigenvalue weighted by Crippen LogP contribution is 2.29. The smallest absolute Gasteiger partial charge is 0.360 e. The van der Waals surface area contributed by atoms with Gasteiger partial charge >= 0.3 is 6.18 Å². The number of aromatic nitrogens is 2. The van der Waals surface area contributed by atoms with Crippen LogP contribution in [0.4, 0.5) is 18.3 Å². The van der Waals surface area contributed by atoms with Gasteiger partial charge in [-0.15, -0.1) is 0 Å². The molecule has 1 aliphatic rings. The Hall–Kier alpha value is -0.890. The Kier molecular flexibility index (Phi) is 4.06. The summed E-state index contributed by atoms with van der Waals surface area (Å²) < 4.78 is 40.2. The number of anilines is 1. The number of hydrogen-bond donors (Lipinski definition) is 2. The summed E-state index contributed by atoms with van der Waals surface area (Å²) in [5, 5.41) is 3.11. The van der Waals surface area contributed by atoms with E-state index in [0.717, 1.165) is 37.2 Å². The molecule has 0 saturated heterocycles. The Balaban J connectivity index is 1.88. The molecule has 3 N–H and O–H groups in total. The van der Waals surface area contributed by atoms with Gasteiger partial charge in [-0.1, -0.05) is 12.8 Å². The normalized spacial score (nSPS) is 25.1. The number of rotatable bonds is 3. The number of nitrogens with zero attached hydrogens (tertiary/aromatic N) is 2. The summed E-state index contributed by atoms with van der Waals surface area (Å²) in [4.78, 5) is 3.42. The Bertz CT molecular complexity index is 393. The van der Waals surface area contributed by atoms with Crippen LogP contribution in [0.5, 0.6) is 0 Å². The highest BCUT2D eigenvalue weighted by molar-refractivity contribution is 7.09. The number of alkyl halides is 3. The van der Waals surface area contributed by atoms with E-state index in [4.69, 9.17) is 5.73 Å². The van der Waals surface area contributed by atoms with E-state index >= 15 is 0 Å². The third-order valence-electron chi connectivity index (χ3n) is 3.16. The van der Waals surface area contributed by atoms with Crippen LogP contribution in [0.3, 0.4) is 0 Å². The summed E-state index contributed by atoms with van der Waals surface area (Å²) in [5.74, 6) is -0.778. The molecule has 0 amide bonds. The molecule has 1 saturated carbocycles. The zero-order valence-electron chi connectivity index (χ0n) is 9.70. The lowest BCUT2D eigenvalue weighted by molar-refractivity contribution is -0.144. The summed E-state index contributed by atoms with van der Waals surface area (Å²) in [5.41, 5.74) is 5.96. The minimum atomic E-state index is -4.47. The van der Waals surface area contributed by atoms with E-state index in [1.807, 2.05) is 0 Å². The summed E-state index contributed by atoms with van der Waals surface area (Å²) in [6.07, 6.45) is -0.217. The van der Waals surface area contributed by atoms with Crippen LogP contribution in [0, 0.1) is 5.92 Å². The summed E-state index contributed by atoms with van der Waals surface area (Å²) >= 11 is 0.733. The second-order valence-electron chi connectivity index (χ2n) is 4.51. The van der Waals surface area contributed by atoms with Crippen molar-refractivity contribution >= 4 is 16.7 Å². The van der Waals surface area contributed by atoms with E-state index in [2.05, 4.69) is 14.7 Å². The van der Waals surface area contributed by atoms with Crippen molar-refractivity contribution in [2.75, 3.05) is 11.9 Å². The van der Waals surface area contributed by atoms with Crippen molar-refractivity contribution in [3.63, 3.8) is 0 Å². The zero-order valence-corrected chi connectivity index (χ0v) is 10.5. The van der Waals surface area contributed by atoms with Gasteiger partial charge in [0.05, 0.1) is 0 Å². The predicted molar refractivity (Wildman–Crippen MR) is 63.3 cm³/mol. The van der Waals surface area contributed by atoms with E-state index in [1.165, 1.54) is 0 Å². The van der Waals surface area contributed by atoms with Crippen molar-refractivity contribution in [2.24, 2.45) is 11.7 Å². The van der Waals surface area contributed by atoms with Crippen LogP contribution in [0.2, 0.25) is 0 Å². The van der Waals surface area contributed by atoms with Crippen LogP contribution in [0.15, 0.2) is 0 Å². The van der Waals surface area contributed by atoms with Crippen molar-refractivity contribution in [1.82, 2.24) is 9.36 Å². The average molecular weight is 280 g/mol. The van der Waals surface area contributed by atoms with Crippen LogP contribution in [0.1, 0.15) is 31.5 Å². The van der Waals surface area contributed by atoms with Crippen molar-refractivity contribution in [3.05, 3.63) is 5.82 Å². The Labute approximate surface area is 107 Å². The second kappa shape index (κ2) is 5.40. The summed E-state index contributed by atoms with van der Waals surface area (Å²) in [7, 11) is 0. The van der Waals surface area contributed by atoms with Gasteiger partial charge in [0.25, 0.3) is 0 Å². The molecule has 0 spiro atoms. The number of halogens is 3. The summed E-state index contributed by atoms with van der Waals surface area (Å²) in [6, 6.07) is 0.126. The van der Waals surface area contributed by atoms with Crippen molar-refractivity contribution in [1.29, 1.82) is 0 Å². The van der Waals surface area contributed by atoms with Gasteiger partial charge in [-0.25, -0.2) is 0 Å². The molecule has 1 heterocycles.